The Balaban J connectivity index is 2.94. The zero-order valence-electron chi connectivity index (χ0n) is 10.0. The van der Waals surface area contributed by atoms with E-state index < -0.39 is 6.10 Å². The molecule has 1 aromatic carbocycles. The van der Waals surface area contributed by atoms with Gasteiger partial charge in [-0.3, -0.25) is 0 Å². The maximum Gasteiger partial charge on any atom is 0.125 e. The number of aliphatic hydroxyl groups excluding tert-OH is 1. The molecule has 0 fully saturated rings. The van der Waals surface area contributed by atoms with Crippen LogP contribution in [-0.2, 0) is 0 Å². The van der Waals surface area contributed by atoms with Crippen LogP contribution in [0.4, 0.5) is 0 Å². The summed E-state index contributed by atoms with van der Waals surface area (Å²) < 4.78 is 5.84. The van der Waals surface area contributed by atoms with Crippen LogP contribution in [0.15, 0.2) is 18.2 Å². The lowest BCUT2D eigenvalue weighted by Crippen LogP contribution is -2.15. The SMILES string of the molecule is CCC(CC)Oc1ccc(Cl)cc1[C@H](C)O. The molecule has 16 heavy (non-hydrogen) atoms. The Kier molecular flexibility index (Phi) is 5.10. The summed E-state index contributed by atoms with van der Waals surface area (Å²) >= 11 is 5.90. The predicted molar refractivity (Wildman–Crippen MR) is 67.1 cm³/mol. The monoisotopic (exact) mass is 242 g/mol. The number of rotatable bonds is 5. The average Bonchev–Trinajstić information content (AvgIpc) is 2.27. The lowest BCUT2D eigenvalue weighted by molar-refractivity contribution is 0.166. The molecule has 1 aromatic rings. The highest BCUT2D eigenvalue weighted by molar-refractivity contribution is 6.30. The second kappa shape index (κ2) is 6.12. The Hall–Kier alpha value is -0.730. The molecule has 0 aliphatic heterocycles. The van der Waals surface area contributed by atoms with Crippen LogP contribution < -0.4 is 4.74 Å². The molecule has 90 valence electrons. The van der Waals surface area contributed by atoms with Crippen LogP contribution in [0, 0.1) is 0 Å². The van der Waals surface area contributed by atoms with E-state index in [0.29, 0.717) is 5.02 Å². The lowest BCUT2D eigenvalue weighted by Gasteiger charge is -2.19. The van der Waals surface area contributed by atoms with E-state index in [-0.39, 0.29) is 6.10 Å². The Labute approximate surface area is 102 Å². The molecule has 0 spiro atoms. The van der Waals surface area contributed by atoms with E-state index in [1.807, 2.05) is 6.07 Å². The molecule has 0 saturated heterocycles. The zero-order valence-corrected chi connectivity index (χ0v) is 10.8. The fourth-order valence-corrected chi connectivity index (χ4v) is 1.77. The Morgan fingerprint density at radius 3 is 2.44 bits per heavy atom. The van der Waals surface area contributed by atoms with Crippen LogP contribution >= 0.6 is 11.6 Å². The smallest absolute Gasteiger partial charge is 0.125 e. The van der Waals surface area contributed by atoms with Gasteiger partial charge in [0.05, 0.1) is 12.2 Å². The second-order valence-electron chi connectivity index (χ2n) is 3.91. The maximum absolute atomic E-state index is 9.65. The molecule has 0 aliphatic rings. The first kappa shape index (κ1) is 13.3. The minimum atomic E-state index is -0.567. The Bertz CT molecular complexity index is 333. The highest BCUT2D eigenvalue weighted by Gasteiger charge is 2.13. The van der Waals surface area contributed by atoms with Crippen molar-refractivity contribution in [1.29, 1.82) is 0 Å². The number of aliphatic hydroxyl groups is 1. The van der Waals surface area contributed by atoms with E-state index in [1.54, 1.807) is 19.1 Å². The lowest BCUT2D eigenvalue weighted by atomic mass is 10.1. The minimum absolute atomic E-state index is 0.193. The van der Waals surface area contributed by atoms with E-state index in [0.717, 1.165) is 24.2 Å². The fraction of sp³-hybridized carbons (Fsp3) is 0.538. The van der Waals surface area contributed by atoms with Crippen molar-refractivity contribution in [1.82, 2.24) is 0 Å². The van der Waals surface area contributed by atoms with Gasteiger partial charge in [0, 0.05) is 10.6 Å². The highest BCUT2D eigenvalue weighted by atomic mass is 35.5. The molecule has 3 heteroatoms. The number of hydrogen-bond acceptors (Lipinski definition) is 2. The summed E-state index contributed by atoms with van der Waals surface area (Å²) in [5, 5.41) is 10.3. The van der Waals surface area contributed by atoms with Gasteiger partial charge in [0.1, 0.15) is 5.75 Å². The van der Waals surface area contributed by atoms with Crippen molar-refractivity contribution in [3.63, 3.8) is 0 Å². The molecule has 1 atom stereocenters. The summed E-state index contributed by atoms with van der Waals surface area (Å²) in [5.41, 5.74) is 0.749. The van der Waals surface area contributed by atoms with E-state index in [1.165, 1.54) is 0 Å². The Morgan fingerprint density at radius 1 is 1.31 bits per heavy atom. The third-order valence-corrected chi connectivity index (χ3v) is 2.86. The zero-order chi connectivity index (χ0) is 12.1. The molecule has 1 N–H and O–H groups in total. The number of benzene rings is 1. The van der Waals surface area contributed by atoms with Crippen LogP contribution in [0.3, 0.4) is 0 Å². The van der Waals surface area contributed by atoms with Gasteiger partial charge < -0.3 is 9.84 Å². The molecule has 0 amide bonds. The van der Waals surface area contributed by atoms with E-state index in [9.17, 15) is 5.11 Å². The molecule has 0 heterocycles. The van der Waals surface area contributed by atoms with Crippen molar-refractivity contribution in [2.45, 2.75) is 45.8 Å². The van der Waals surface area contributed by atoms with Crippen LogP contribution in [0.2, 0.25) is 5.02 Å². The van der Waals surface area contributed by atoms with Crippen molar-refractivity contribution < 1.29 is 9.84 Å². The summed E-state index contributed by atoms with van der Waals surface area (Å²) in [6, 6.07) is 5.36. The van der Waals surface area contributed by atoms with Gasteiger partial charge in [-0.05, 0) is 38.0 Å². The van der Waals surface area contributed by atoms with Crippen LogP contribution in [0.25, 0.3) is 0 Å². The summed E-state index contributed by atoms with van der Waals surface area (Å²) in [5.74, 6) is 0.730. The second-order valence-corrected chi connectivity index (χ2v) is 4.35. The third-order valence-electron chi connectivity index (χ3n) is 2.63. The maximum atomic E-state index is 9.65. The molecule has 0 unspecified atom stereocenters. The molecular weight excluding hydrogens is 224 g/mol. The normalized spacial score (nSPS) is 12.9. The number of halogens is 1. The largest absolute Gasteiger partial charge is 0.490 e. The molecule has 0 aromatic heterocycles. The summed E-state index contributed by atoms with van der Waals surface area (Å²) in [6.07, 6.45) is 1.54. The molecule has 0 radical (unpaired) electrons. The van der Waals surface area contributed by atoms with Gasteiger partial charge in [-0.2, -0.15) is 0 Å². The summed E-state index contributed by atoms with van der Waals surface area (Å²) in [7, 11) is 0. The van der Waals surface area contributed by atoms with Crippen molar-refractivity contribution in [2.75, 3.05) is 0 Å². The predicted octanol–water partition coefficient (Wildman–Crippen LogP) is 3.96. The minimum Gasteiger partial charge on any atom is -0.490 e. The van der Waals surface area contributed by atoms with E-state index >= 15 is 0 Å². The van der Waals surface area contributed by atoms with Gasteiger partial charge in [0.15, 0.2) is 0 Å². The first-order chi connectivity index (χ1) is 7.58. The fourth-order valence-electron chi connectivity index (χ4n) is 1.59. The van der Waals surface area contributed by atoms with Crippen molar-refractivity contribution >= 4 is 11.6 Å². The van der Waals surface area contributed by atoms with Gasteiger partial charge >= 0.3 is 0 Å². The van der Waals surface area contributed by atoms with Crippen LogP contribution in [0.1, 0.15) is 45.3 Å². The van der Waals surface area contributed by atoms with E-state index in [4.69, 9.17) is 16.3 Å². The van der Waals surface area contributed by atoms with Crippen LogP contribution in [0.5, 0.6) is 5.75 Å². The topological polar surface area (TPSA) is 29.5 Å². The molecule has 1 rings (SSSR count). The van der Waals surface area contributed by atoms with Crippen LogP contribution in [-0.4, -0.2) is 11.2 Å². The molecular formula is C13H19ClO2. The molecule has 0 saturated carbocycles. The molecule has 0 bridgehead atoms. The average molecular weight is 243 g/mol. The van der Waals surface area contributed by atoms with Gasteiger partial charge in [-0.25, -0.2) is 0 Å². The standard InChI is InChI=1S/C13H19ClO2/c1-4-11(5-2)16-13-7-6-10(14)8-12(13)9(3)15/h6-9,11,15H,4-5H2,1-3H3/t9-/m0/s1. The van der Waals surface area contributed by atoms with Gasteiger partial charge in [-0.1, -0.05) is 25.4 Å². The quantitative estimate of drug-likeness (QED) is 0.847. The summed E-state index contributed by atoms with van der Waals surface area (Å²) in [6.45, 7) is 5.89. The first-order valence-corrected chi connectivity index (χ1v) is 6.10. The first-order valence-electron chi connectivity index (χ1n) is 5.72. The third kappa shape index (κ3) is 3.39. The van der Waals surface area contributed by atoms with Crippen molar-refractivity contribution in [3.8, 4) is 5.75 Å². The molecule has 2 nitrogen and oxygen atoms in total. The van der Waals surface area contributed by atoms with E-state index in [2.05, 4.69) is 13.8 Å². The number of ether oxygens (including phenoxy) is 1. The highest BCUT2D eigenvalue weighted by Crippen LogP contribution is 2.29. The number of hydrogen-bond donors (Lipinski definition) is 1. The van der Waals surface area contributed by atoms with Crippen molar-refractivity contribution in [3.05, 3.63) is 28.8 Å². The van der Waals surface area contributed by atoms with Crippen molar-refractivity contribution in [2.24, 2.45) is 0 Å². The molecule has 0 aliphatic carbocycles. The van der Waals surface area contributed by atoms with Gasteiger partial charge in [0.25, 0.3) is 0 Å². The van der Waals surface area contributed by atoms with Gasteiger partial charge in [-0.15, -0.1) is 0 Å². The Morgan fingerprint density at radius 2 is 1.94 bits per heavy atom. The summed E-state index contributed by atoms with van der Waals surface area (Å²) in [4.78, 5) is 0. The van der Waals surface area contributed by atoms with Gasteiger partial charge in [0.2, 0.25) is 0 Å².